The molecule has 2 fully saturated rings. The number of nitrogens with one attached hydrogen (secondary N) is 1. The summed E-state index contributed by atoms with van der Waals surface area (Å²) in [5.41, 5.74) is 7.07. The number of piperidine rings is 1. The summed E-state index contributed by atoms with van der Waals surface area (Å²) in [6, 6.07) is 0.419. The zero-order chi connectivity index (χ0) is 13.2. The number of likely N-dealkylation sites (tertiary alicyclic amines) is 1. The molecule has 3 rings (SSSR count). The van der Waals surface area contributed by atoms with E-state index in [1.807, 2.05) is 12.4 Å². The molecule has 1 aliphatic carbocycles. The van der Waals surface area contributed by atoms with Gasteiger partial charge in [0.2, 0.25) is 5.91 Å². The third-order valence-electron chi connectivity index (χ3n) is 4.51. The maximum atomic E-state index is 12.7. The van der Waals surface area contributed by atoms with Crippen molar-refractivity contribution in [2.24, 2.45) is 11.7 Å². The lowest BCUT2D eigenvalue weighted by molar-refractivity contribution is -0.139. The first kappa shape index (κ1) is 12.7. The van der Waals surface area contributed by atoms with Gasteiger partial charge in [0, 0.05) is 30.3 Å². The Morgan fingerprint density at radius 3 is 2.95 bits per heavy atom. The second-order valence-corrected chi connectivity index (χ2v) is 5.84. The van der Waals surface area contributed by atoms with Crippen molar-refractivity contribution in [3.8, 4) is 0 Å². The van der Waals surface area contributed by atoms with Gasteiger partial charge in [-0.15, -0.1) is 0 Å². The SMILES string of the molecule is N[C@@H]1CC[C@H](C(=O)N2CCCC[C@@H]2c2cn[nH]c2)C1. The highest BCUT2D eigenvalue weighted by molar-refractivity contribution is 5.79. The van der Waals surface area contributed by atoms with Crippen LogP contribution in [0.4, 0.5) is 0 Å². The van der Waals surface area contributed by atoms with E-state index in [1.54, 1.807) is 0 Å². The van der Waals surface area contributed by atoms with Crippen LogP contribution in [0.1, 0.15) is 50.1 Å². The topological polar surface area (TPSA) is 75.0 Å². The minimum atomic E-state index is 0.141. The molecule has 0 radical (unpaired) electrons. The Morgan fingerprint density at radius 1 is 1.37 bits per heavy atom. The van der Waals surface area contributed by atoms with Gasteiger partial charge in [0.1, 0.15) is 0 Å². The molecule has 19 heavy (non-hydrogen) atoms. The Balaban J connectivity index is 1.75. The molecular formula is C14H22N4O. The van der Waals surface area contributed by atoms with Gasteiger partial charge < -0.3 is 10.6 Å². The number of carbonyl (C=O) groups is 1. The minimum absolute atomic E-state index is 0.141. The summed E-state index contributed by atoms with van der Waals surface area (Å²) in [5.74, 6) is 0.446. The predicted octanol–water partition coefficient (Wildman–Crippen LogP) is 1.59. The molecule has 1 saturated carbocycles. The van der Waals surface area contributed by atoms with E-state index in [9.17, 15) is 4.79 Å². The van der Waals surface area contributed by atoms with Gasteiger partial charge in [0.15, 0.2) is 0 Å². The fraction of sp³-hybridized carbons (Fsp3) is 0.714. The number of hydrogen-bond acceptors (Lipinski definition) is 3. The van der Waals surface area contributed by atoms with Crippen LogP contribution < -0.4 is 5.73 Å². The number of H-pyrrole nitrogens is 1. The molecule has 1 aliphatic heterocycles. The summed E-state index contributed by atoms with van der Waals surface area (Å²) >= 11 is 0. The summed E-state index contributed by atoms with van der Waals surface area (Å²) < 4.78 is 0. The summed E-state index contributed by atoms with van der Waals surface area (Å²) in [6.45, 7) is 0.875. The van der Waals surface area contributed by atoms with E-state index in [0.717, 1.165) is 44.2 Å². The molecule has 3 atom stereocenters. The van der Waals surface area contributed by atoms with Crippen LogP contribution >= 0.6 is 0 Å². The molecule has 0 bridgehead atoms. The van der Waals surface area contributed by atoms with Crippen LogP contribution in [0.3, 0.4) is 0 Å². The summed E-state index contributed by atoms with van der Waals surface area (Å²) in [5, 5.41) is 6.87. The predicted molar refractivity (Wildman–Crippen MR) is 72.2 cm³/mol. The number of hydrogen-bond donors (Lipinski definition) is 2. The smallest absolute Gasteiger partial charge is 0.226 e. The van der Waals surface area contributed by atoms with Gasteiger partial charge in [-0.2, -0.15) is 5.10 Å². The fourth-order valence-corrected chi connectivity index (χ4v) is 3.46. The molecule has 5 heteroatoms. The van der Waals surface area contributed by atoms with Gasteiger partial charge in [-0.25, -0.2) is 0 Å². The van der Waals surface area contributed by atoms with Gasteiger partial charge in [-0.1, -0.05) is 0 Å². The van der Waals surface area contributed by atoms with Crippen molar-refractivity contribution < 1.29 is 4.79 Å². The second-order valence-electron chi connectivity index (χ2n) is 5.84. The molecule has 104 valence electrons. The van der Waals surface area contributed by atoms with Crippen molar-refractivity contribution in [1.82, 2.24) is 15.1 Å². The number of nitrogens with two attached hydrogens (primary N) is 1. The van der Waals surface area contributed by atoms with Gasteiger partial charge in [0.05, 0.1) is 12.2 Å². The van der Waals surface area contributed by atoms with Gasteiger partial charge in [0.25, 0.3) is 0 Å². The molecular weight excluding hydrogens is 240 g/mol. The van der Waals surface area contributed by atoms with E-state index in [-0.39, 0.29) is 18.0 Å². The number of amides is 1. The molecule has 1 aromatic heterocycles. The van der Waals surface area contributed by atoms with E-state index in [0.29, 0.717) is 5.91 Å². The van der Waals surface area contributed by atoms with Crippen LogP contribution in [0.25, 0.3) is 0 Å². The Bertz CT molecular complexity index is 431. The summed E-state index contributed by atoms with van der Waals surface area (Å²) in [4.78, 5) is 14.8. The average molecular weight is 262 g/mol. The lowest BCUT2D eigenvalue weighted by atomic mass is 9.95. The first-order chi connectivity index (χ1) is 9.25. The van der Waals surface area contributed by atoms with Crippen LogP contribution in [-0.4, -0.2) is 33.6 Å². The maximum absolute atomic E-state index is 12.7. The number of aromatic amines is 1. The monoisotopic (exact) mass is 262 g/mol. The van der Waals surface area contributed by atoms with Crippen molar-refractivity contribution in [3.05, 3.63) is 18.0 Å². The van der Waals surface area contributed by atoms with Crippen LogP contribution in [-0.2, 0) is 4.79 Å². The van der Waals surface area contributed by atoms with Gasteiger partial charge in [-0.3, -0.25) is 9.89 Å². The zero-order valence-electron chi connectivity index (χ0n) is 11.2. The van der Waals surface area contributed by atoms with E-state index >= 15 is 0 Å². The number of nitrogens with zero attached hydrogens (tertiary/aromatic N) is 2. The van der Waals surface area contributed by atoms with Crippen LogP contribution in [0.15, 0.2) is 12.4 Å². The Kier molecular flexibility index (Phi) is 3.55. The average Bonchev–Trinajstić information content (AvgIpc) is 3.09. The molecule has 5 nitrogen and oxygen atoms in total. The molecule has 3 N–H and O–H groups in total. The first-order valence-corrected chi connectivity index (χ1v) is 7.30. The number of aromatic nitrogens is 2. The normalized spacial score (nSPS) is 31.6. The van der Waals surface area contributed by atoms with Gasteiger partial charge >= 0.3 is 0 Å². The standard InChI is InChI=1S/C14H22N4O/c15-12-5-4-10(7-12)14(19)18-6-2-1-3-13(18)11-8-16-17-9-11/h8-10,12-13H,1-7,15H2,(H,16,17)/t10-,12+,13+/m0/s1. The van der Waals surface area contributed by atoms with E-state index in [1.165, 1.54) is 6.42 Å². The van der Waals surface area contributed by atoms with Crippen molar-refractivity contribution in [3.63, 3.8) is 0 Å². The second kappa shape index (κ2) is 5.33. The Morgan fingerprint density at radius 2 is 2.26 bits per heavy atom. The maximum Gasteiger partial charge on any atom is 0.226 e. The third kappa shape index (κ3) is 2.52. The quantitative estimate of drug-likeness (QED) is 0.850. The highest BCUT2D eigenvalue weighted by Crippen LogP contribution is 2.34. The first-order valence-electron chi connectivity index (χ1n) is 7.30. The fourth-order valence-electron chi connectivity index (χ4n) is 3.46. The van der Waals surface area contributed by atoms with Crippen LogP contribution in [0.5, 0.6) is 0 Å². The van der Waals surface area contributed by atoms with Crippen LogP contribution in [0, 0.1) is 5.92 Å². The van der Waals surface area contributed by atoms with Crippen molar-refractivity contribution in [2.75, 3.05) is 6.54 Å². The lowest BCUT2D eigenvalue weighted by Gasteiger charge is -2.37. The van der Waals surface area contributed by atoms with Crippen molar-refractivity contribution in [2.45, 2.75) is 50.6 Å². The summed E-state index contributed by atoms with van der Waals surface area (Å²) in [7, 11) is 0. The van der Waals surface area contributed by atoms with E-state index in [2.05, 4.69) is 15.1 Å². The van der Waals surface area contributed by atoms with Crippen molar-refractivity contribution in [1.29, 1.82) is 0 Å². The zero-order valence-corrected chi connectivity index (χ0v) is 11.2. The van der Waals surface area contributed by atoms with Crippen LogP contribution in [0.2, 0.25) is 0 Å². The molecule has 0 unspecified atom stereocenters. The minimum Gasteiger partial charge on any atom is -0.335 e. The Hall–Kier alpha value is -1.36. The molecule has 2 aliphatic rings. The number of rotatable bonds is 2. The van der Waals surface area contributed by atoms with E-state index < -0.39 is 0 Å². The van der Waals surface area contributed by atoms with Crippen molar-refractivity contribution >= 4 is 5.91 Å². The lowest BCUT2D eigenvalue weighted by Crippen LogP contribution is -2.41. The molecule has 2 heterocycles. The highest BCUT2D eigenvalue weighted by atomic mass is 16.2. The highest BCUT2D eigenvalue weighted by Gasteiger charge is 2.35. The number of carbonyl (C=O) groups excluding carboxylic acids is 1. The summed E-state index contributed by atoms with van der Waals surface area (Å²) in [6.07, 6.45) is 9.89. The van der Waals surface area contributed by atoms with E-state index in [4.69, 9.17) is 5.73 Å². The Labute approximate surface area is 113 Å². The molecule has 0 aromatic carbocycles. The molecule has 1 saturated heterocycles. The van der Waals surface area contributed by atoms with Gasteiger partial charge in [-0.05, 0) is 38.5 Å². The third-order valence-corrected chi connectivity index (χ3v) is 4.51. The molecule has 1 aromatic rings. The largest absolute Gasteiger partial charge is 0.335 e. The molecule has 0 spiro atoms. The molecule has 1 amide bonds.